The number of amides is 1. The minimum atomic E-state index is -0.437. The van der Waals surface area contributed by atoms with Crippen molar-refractivity contribution < 1.29 is 18.3 Å². The minimum Gasteiger partial charge on any atom is -0.494 e. The highest BCUT2D eigenvalue weighted by Crippen LogP contribution is 2.28. The van der Waals surface area contributed by atoms with Crippen LogP contribution in [0.5, 0.6) is 5.75 Å². The lowest BCUT2D eigenvalue weighted by Crippen LogP contribution is -2.13. The molecule has 25 heavy (non-hydrogen) atoms. The molecule has 0 aliphatic carbocycles. The molecule has 0 saturated heterocycles. The highest BCUT2D eigenvalue weighted by molar-refractivity contribution is 7.98. The first-order valence-electron chi connectivity index (χ1n) is 7.56. The number of ether oxygens (including phenoxy) is 1. The predicted molar refractivity (Wildman–Crippen MR) is 95.6 cm³/mol. The van der Waals surface area contributed by atoms with Gasteiger partial charge in [-0.1, -0.05) is 18.2 Å². The van der Waals surface area contributed by atoms with Crippen LogP contribution in [0.3, 0.4) is 0 Å². The summed E-state index contributed by atoms with van der Waals surface area (Å²) in [6, 6.07) is 15.6. The van der Waals surface area contributed by atoms with Crippen molar-refractivity contribution in [1.29, 1.82) is 0 Å². The van der Waals surface area contributed by atoms with Crippen molar-refractivity contribution in [3.63, 3.8) is 0 Å². The van der Waals surface area contributed by atoms with Gasteiger partial charge in [-0.25, -0.2) is 4.39 Å². The molecule has 0 fully saturated rings. The molecule has 2 aromatic carbocycles. The van der Waals surface area contributed by atoms with Gasteiger partial charge >= 0.3 is 0 Å². The van der Waals surface area contributed by atoms with Gasteiger partial charge in [0.05, 0.1) is 19.1 Å². The molecular formula is C19H16FNO3S. The zero-order valence-electron chi connectivity index (χ0n) is 13.5. The summed E-state index contributed by atoms with van der Waals surface area (Å²) in [5, 5.41) is 2.70. The Morgan fingerprint density at radius 3 is 2.76 bits per heavy atom. The summed E-state index contributed by atoms with van der Waals surface area (Å²) >= 11 is 1.61. The van der Waals surface area contributed by atoms with Crippen LogP contribution in [0.25, 0.3) is 0 Å². The maximum absolute atomic E-state index is 13.3. The van der Waals surface area contributed by atoms with Crippen LogP contribution < -0.4 is 10.1 Å². The molecule has 4 nitrogen and oxygen atoms in total. The van der Waals surface area contributed by atoms with E-state index in [4.69, 9.17) is 9.15 Å². The van der Waals surface area contributed by atoms with Crippen molar-refractivity contribution in [1.82, 2.24) is 0 Å². The molecule has 0 saturated carbocycles. The molecule has 0 aliphatic rings. The number of thioether (sulfide) groups is 1. The Morgan fingerprint density at radius 2 is 2.00 bits per heavy atom. The number of halogens is 1. The minimum absolute atomic E-state index is 0.231. The van der Waals surface area contributed by atoms with Crippen LogP contribution in [0.1, 0.15) is 16.1 Å². The lowest BCUT2D eigenvalue weighted by Gasteiger charge is -2.10. The first kappa shape index (κ1) is 17.1. The number of methoxy groups -OCH3 is 1. The van der Waals surface area contributed by atoms with Gasteiger partial charge in [-0.2, -0.15) is 0 Å². The van der Waals surface area contributed by atoms with E-state index in [0.717, 1.165) is 10.5 Å². The first-order chi connectivity index (χ1) is 12.2. The van der Waals surface area contributed by atoms with Crippen LogP contribution in [-0.4, -0.2) is 13.0 Å². The molecule has 1 heterocycles. The second-order valence-electron chi connectivity index (χ2n) is 5.18. The van der Waals surface area contributed by atoms with Gasteiger partial charge in [-0.3, -0.25) is 4.79 Å². The molecule has 1 aromatic heterocycles. The van der Waals surface area contributed by atoms with E-state index < -0.39 is 11.7 Å². The summed E-state index contributed by atoms with van der Waals surface area (Å²) in [7, 11) is 1.42. The summed E-state index contributed by atoms with van der Waals surface area (Å²) in [4.78, 5) is 13.6. The Bertz CT molecular complexity index is 864. The molecule has 0 spiro atoms. The van der Waals surface area contributed by atoms with E-state index in [-0.39, 0.29) is 11.5 Å². The summed E-state index contributed by atoms with van der Waals surface area (Å²) in [6.45, 7) is 0. The summed E-state index contributed by atoms with van der Waals surface area (Å²) in [6.07, 6.45) is 1.48. The first-order valence-corrected chi connectivity index (χ1v) is 8.55. The SMILES string of the molecule is COc1cc(F)ccc1NC(=O)c1occc1CSc1ccccc1. The second kappa shape index (κ2) is 7.90. The molecule has 0 aliphatic heterocycles. The standard InChI is InChI=1S/C19H16FNO3S/c1-23-17-11-14(20)7-8-16(17)21-19(22)18-13(9-10-24-18)12-25-15-5-3-2-4-6-15/h2-11H,12H2,1H3,(H,21,22). The number of anilines is 1. The molecule has 3 aromatic rings. The fourth-order valence-electron chi connectivity index (χ4n) is 2.27. The van der Waals surface area contributed by atoms with Gasteiger partial charge < -0.3 is 14.5 Å². The number of nitrogens with one attached hydrogen (secondary N) is 1. The zero-order valence-corrected chi connectivity index (χ0v) is 14.3. The fraction of sp³-hybridized carbons (Fsp3) is 0.105. The molecule has 0 unspecified atom stereocenters. The van der Waals surface area contributed by atoms with Crippen molar-refractivity contribution in [3.8, 4) is 5.75 Å². The third-order valence-corrected chi connectivity index (χ3v) is 4.56. The Morgan fingerprint density at radius 1 is 1.20 bits per heavy atom. The van der Waals surface area contributed by atoms with Crippen LogP contribution in [0, 0.1) is 5.82 Å². The van der Waals surface area contributed by atoms with Gasteiger partial charge in [0.15, 0.2) is 5.76 Å². The Balaban J connectivity index is 1.72. The molecule has 0 atom stereocenters. The number of benzene rings is 2. The highest BCUT2D eigenvalue weighted by Gasteiger charge is 2.17. The van der Waals surface area contributed by atoms with Crippen LogP contribution in [0.15, 0.2) is 70.2 Å². The Labute approximate surface area is 149 Å². The van der Waals surface area contributed by atoms with E-state index in [2.05, 4.69) is 5.32 Å². The monoisotopic (exact) mass is 357 g/mol. The predicted octanol–water partition coefficient (Wildman–Crippen LogP) is 4.97. The average Bonchev–Trinajstić information content (AvgIpc) is 3.11. The number of furan rings is 1. The average molecular weight is 357 g/mol. The van der Waals surface area contributed by atoms with Crippen molar-refractivity contribution in [3.05, 3.63) is 78.0 Å². The maximum atomic E-state index is 13.3. The van der Waals surface area contributed by atoms with Crippen LogP contribution in [0.2, 0.25) is 0 Å². The lowest BCUT2D eigenvalue weighted by atomic mass is 10.2. The molecular weight excluding hydrogens is 341 g/mol. The molecule has 0 radical (unpaired) electrons. The fourth-order valence-corrected chi connectivity index (χ4v) is 3.17. The van der Waals surface area contributed by atoms with Gasteiger partial charge in [0.2, 0.25) is 0 Å². The summed E-state index contributed by atoms with van der Waals surface area (Å²) < 4.78 is 23.7. The molecule has 6 heteroatoms. The van der Waals surface area contributed by atoms with Gasteiger partial charge in [0, 0.05) is 22.3 Å². The molecule has 3 rings (SSSR count). The van der Waals surface area contributed by atoms with E-state index in [0.29, 0.717) is 11.4 Å². The van der Waals surface area contributed by atoms with E-state index in [1.807, 2.05) is 30.3 Å². The Hall–Kier alpha value is -2.73. The topological polar surface area (TPSA) is 51.5 Å². The van der Waals surface area contributed by atoms with E-state index in [1.54, 1.807) is 17.8 Å². The number of carbonyl (C=O) groups excluding carboxylic acids is 1. The smallest absolute Gasteiger partial charge is 0.291 e. The normalized spacial score (nSPS) is 10.5. The maximum Gasteiger partial charge on any atom is 0.291 e. The summed E-state index contributed by atoms with van der Waals surface area (Å²) in [5.41, 5.74) is 1.17. The van der Waals surface area contributed by atoms with Gasteiger partial charge in [-0.05, 0) is 30.3 Å². The third-order valence-electron chi connectivity index (χ3n) is 3.50. The van der Waals surface area contributed by atoms with E-state index >= 15 is 0 Å². The van der Waals surface area contributed by atoms with Gasteiger partial charge in [0.25, 0.3) is 5.91 Å². The zero-order chi connectivity index (χ0) is 17.6. The third kappa shape index (κ3) is 4.22. The number of hydrogen-bond donors (Lipinski definition) is 1. The van der Waals surface area contributed by atoms with Gasteiger partial charge in [-0.15, -0.1) is 11.8 Å². The highest BCUT2D eigenvalue weighted by atomic mass is 32.2. The number of hydrogen-bond acceptors (Lipinski definition) is 4. The molecule has 1 N–H and O–H groups in total. The van der Waals surface area contributed by atoms with Gasteiger partial charge in [0.1, 0.15) is 11.6 Å². The Kier molecular flexibility index (Phi) is 5.40. The van der Waals surface area contributed by atoms with Crippen LogP contribution in [0.4, 0.5) is 10.1 Å². The largest absolute Gasteiger partial charge is 0.494 e. The van der Waals surface area contributed by atoms with E-state index in [9.17, 15) is 9.18 Å². The lowest BCUT2D eigenvalue weighted by molar-refractivity contribution is 0.0995. The van der Waals surface area contributed by atoms with Crippen molar-refractivity contribution in [2.24, 2.45) is 0 Å². The van der Waals surface area contributed by atoms with Crippen LogP contribution >= 0.6 is 11.8 Å². The van der Waals surface area contributed by atoms with E-state index in [1.165, 1.54) is 31.6 Å². The van der Waals surface area contributed by atoms with Crippen molar-refractivity contribution in [2.75, 3.05) is 12.4 Å². The second-order valence-corrected chi connectivity index (χ2v) is 6.22. The quantitative estimate of drug-likeness (QED) is 0.633. The molecule has 1 amide bonds. The molecule has 0 bridgehead atoms. The molecule has 128 valence electrons. The van der Waals surface area contributed by atoms with Crippen molar-refractivity contribution in [2.45, 2.75) is 10.6 Å². The summed E-state index contributed by atoms with van der Waals surface area (Å²) in [5.74, 6) is 0.241. The number of rotatable bonds is 6. The number of carbonyl (C=O) groups is 1. The van der Waals surface area contributed by atoms with Crippen molar-refractivity contribution >= 4 is 23.4 Å². The van der Waals surface area contributed by atoms with Crippen LogP contribution in [-0.2, 0) is 5.75 Å².